The lowest BCUT2D eigenvalue weighted by Crippen LogP contribution is -2.16. The van der Waals surface area contributed by atoms with Gasteiger partial charge >= 0.3 is 0 Å². The highest BCUT2D eigenvalue weighted by molar-refractivity contribution is 6.08. The molecule has 0 radical (unpaired) electrons. The van der Waals surface area contributed by atoms with Gasteiger partial charge in [0.15, 0.2) is 5.82 Å². The molecular formula is C45H32N2. The molecule has 7 aromatic carbocycles. The fraction of sp³-hybridized carbons (Fsp3) is 0.0667. The smallest absolute Gasteiger partial charge is 0.160 e. The molecule has 0 fully saturated rings. The first-order valence-electron chi connectivity index (χ1n) is 16.3. The zero-order chi connectivity index (χ0) is 31.5. The van der Waals surface area contributed by atoms with Crippen LogP contribution in [0.15, 0.2) is 158 Å². The Hall–Kier alpha value is -5.86. The molecule has 1 aliphatic carbocycles. The highest BCUT2D eigenvalue weighted by Crippen LogP contribution is 2.55. The summed E-state index contributed by atoms with van der Waals surface area (Å²) in [5.41, 5.74) is 12.9. The van der Waals surface area contributed by atoms with Gasteiger partial charge in [-0.25, -0.2) is 9.97 Å². The SMILES string of the molecule is CC1(C)c2ccc3ccccc3c2-c2cccc(-c3ccc(-c4cc(-c5ccccc5)nc(-c5ccccc5)n4)c4ccccc34)c21. The van der Waals surface area contributed by atoms with Crippen molar-refractivity contribution < 1.29 is 0 Å². The molecule has 222 valence electrons. The first-order valence-corrected chi connectivity index (χ1v) is 16.3. The van der Waals surface area contributed by atoms with E-state index in [-0.39, 0.29) is 5.41 Å². The van der Waals surface area contributed by atoms with Gasteiger partial charge < -0.3 is 0 Å². The first kappa shape index (κ1) is 27.5. The summed E-state index contributed by atoms with van der Waals surface area (Å²) in [6, 6.07) is 56.4. The maximum atomic E-state index is 5.18. The third-order valence-corrected chi connectivity index (χ3v) is 9.88. The molecule has 47 heavy (non-hydrogen) atoms. The Labute approximate surface area is 275 Å². The van der Waals surface area contributed by atoms with E-state index in [9.17, 15) is 0 Å². The van der Waals surface area contributed by atoms with Crippen molar-refractivity contribution in [2.45, 2.75) is 19.3 Å². The Balaban J connectivity index is 1.27. The topological polar surface area (TPSA) is 25.8 Å². The highest BCUT2D eigenvalue weighted by atomic mass is 14.9. The molecule has 0 saturated heterocycles. The molecule has 2 nitrogen and oxygen atoms in total. The van der Waals surface area contributed by atoms with Gasteiger partial charge in [-0.15, -0.1) is 0 Å². The van der Waals surface area contributed by atoms with Crippen LogP contribution in [0.5, 0.6) is 0 Å². The van der Waals surface area contributed by atoms with Crippen LogP contribution in [0.1, 0.15) is 25.0 Å². The summed E-state index contributed by atoms with van der Waals surface area (Å²) in [7, 11) is 0. The van der Waals surface area contributed by atoms with Crippen molar-refractivity contribution >= 4 is 21.5 Å². The Kier molecular flexibility index (Phi) is 6.20. The monoisotopic (exact) mass is 600 g/mol. The number of aromatic nitrogens is 2. The zero-order valence-corrected chi connectivity index (χ0v) is 26.4. The van der Waals surface area contributed by atoms with Crippen molar-refractivity contribution in [3.63, 3.8) is 0 Å². The fourth-order valence-corrected chi connectivity index (χ4v) is 7.69. The molecule has 2 heteroatoms. The normalized spacial score (nSPS) is 13.1. The van der Waals surface area contributed by atoms with Crippen molar-refractivity contribution in [1.82, 2.24) is 9.97 Å². The maximum absolute atomic E-state index is 5.18. The van der Waals surface area contributed by atoms with Crippen molar-refractivity contribution in [2.24, 2.45) is 0 Å². The lowest BCUT2D eigenvalue weighted by atomic mass is 9.78. The van der Waals surface area contributed by atoms with Gasteiger partial charge in [0.25, 0.3) is 0 Å². The van der Waals surface area contributed by atoms with E-state index in [1.807, 2.05) is 24.3 Å². The van der Waals surface area contributed by atoms with E-state index in [2.05, 4.69) is 147 Å². The van der Waals surface area contributed by atoms with Crippen LogP contribution in [0.3, 0.4) is 0 Å². The number of rotatable bonds is 4. The van der Waals surface area contributed by atoms with Gasteiger partial charge in [-0.2, -0.15) is 0 Å². The van der Waals surface area contributed by atoms with Gasteiger partial charge in [0.1, 0.15) is 0 Å². The summed E-state index contributed by atoms with van der Waals surface area (Å²) in [5.74, 6) is 0.725. The zero-order valence-electron chi connectivity index (χ0n) is 26.4. The quantitative estimate of drug-likeness (QED) is 0.201. The summed E-state index contributed by atoms with van der Waals surface area (Å²) in [5, 5.41) is 5.00. The van der Waals surface area contributed by atoms with E-state index in [4.69, 9.17) is 9.97 Å². The predicted octanol–water partition coefficient (Wildman–Crippen LogP) is 11.8. The second kappa shape index (κ2) is 10.6. The fourth-order valence-electron chi connectivity index (χ4n) is 7.69. The van der Waals surface area contributed by atoms with Crippen LogP contribution in [-0.4, -0.2) is 9.97 Å². The molecule has 0 atom stereocenters. The van der Waals surface area contributed by atoms with Crippen LogP contribution >= 0.6 is 0 Å². The van der Waals surface area contributed by atoms with Crippen LogP contribution in [0.2, 0.25) is 0 Å². The molecule has 0 bridgehead atoms. The molecule has 0 N–H and O–H groups in total. The predicted molar refractivity (Wildman–Crippen MR) is 196 cm³/mol. The molecule has 0 saturated carbocycles. The van der Waals surface area contributed by atoms with E-state index in [0.29, 0.717) is 0 Å². The molecule has 1 aliphatic rings. The summed E-state index contributed by atoms with van der Waals surface area (Å²) >= 11 is 0. The third kappa shape index (κ3) is 4.33. The van der Waals surface area contributed by atoms with Gasteiger partial charge in [0.2, 0.25) is 0 Å². The molecule has 9 rings (SSSR count). The summed E-state index contributed by atoms with van der Waals surface area (Å²) in [6.07, 6.45) is 0. The molecule has 8 aromatic rings. The van der Waals surface area contributed by atoms with Crippen LogP contribution in [-0.2, 0) is 5.41 Å². The Morgan fingerprint density at radius 3 is 1.79 bits per heavy atom. The van der Waals surface area contributed by atoms with E-state index < -0.39 is 0 Å². The van der Waals surface area contributed by atoms with Crippen molar-refractivity contribution in [3.8, 4) is 56.2 Å². The lowest BCUT2D eigenvalue weighted by molar-refractivity contribution is 0.662. The Bertz CT molecular complexity index is 2420. The molecular weight excluding hydrogens is 569 g/mol. The van der Waals surface area contributed by atoms with Crippen molar-refractivity contribution in [2.75, 3.05) is 0 Å². The lowest BCUT2D eigenvalue weighted by Gasteiger charge is -2.25. The van der Waals surface area contributed by atoms with Gasteiger partial charge in [-0.3, -0.25) is 0 Å². The molecule has 1 aromatic heterocycles. The minimum absolute atomic E-state index is 0.146. The van der Waals surface area contributed by atoms with Crippen LogP contribution in [0.4, 0.5) is 0 Å². The van der Waals surface area contributed by atoms with Gasteiger partial charge in [-0.1, -0.05) is 166 Å². The number of benzene rings is 7. The minimum atomic E-state index is -0.146. The van der Waals surface area contributed by atoms with E-state index in [0.717, 1.165) is 33.9 Å². The van der Waals surface area contributed by atoms with Gasteiger partial charge in [-0.05, 0) is 61.0 Å². The van der Waals surface area contributed by atoms with Crippen LogP contribution < -0.4 is 0 Å². The van der Waals surface area contributed by atoms with E-state index in [1.54, 1.807) is 0 Å². The second-order valence-corrected chi connectivity index (χ2v) is 13.0. The van der Waals surface area contributed by atoms with Crippen LogP contribution in [0, 0.1) is 0 Å². The van der Waals surface area contributed by atoms with Crippen molar-refractivity contribution in [1.29, 1.82) is 0 Å². The summed E-state index contributed by atoms with van der Waals surface area (Å²) in [6.45, 7) is 4.76. The average molecular weight is 601 g/mol. The summed E-state index contributed by atoms with van der Waals surface area (Å²) in [4.78, 5) is 10.2. The highest BCUT2D eigenvalue weighted by Gasteiger charge is 2.38. The Morgan fingerprint density at radius 2 is 1.02 bits per heavy atom. The maximum Gasteiger partial charge on any atom is 0.160 e. The third-order valence-electron chi connectivity index (χ3n) is 9.88. The van der Waals surface area contributed by atoms with E-state index >= 15 is 0 Å². The standard InChI is InChI=1S/C45H32N2/c1-45(2)39-27-24-29-14-9-10-19-32(29)42(39)38-23-13-22-37(43(38)45)35-25-26-36(34-21-12-11-20-33(34)35)41-28-40(30-15-5-3-6-16-30)46-44(47-41)31-17-7-4-8-18-31/h3-28H,1-2H3. The number of fused-ring (bicyclic) bond motifs is 6. The number of hydrogen-bond acceptors (Lipinski definition) is 2. The largest absolute Gasteiger partial charge is 0.228 e. The summed E-state index contributed by atoms with van der Waals surface area (Å²) < 4.78 is 0. The Morgan fingerprint density at radius 1 is 0.426 bits per heavy atom. The van der Waals surface area contributed by atoms with Gasteiger partial charge in [0, 0.05) is 22.1 Å². The minimum Gasteiger partial charge on any atom is -0.228 e. The molecule has 0 amide bonds. The van der Waals surface area contributed by atoms with Crippen LogP contribution in [0.25, 0.3) is 77.7 Å². The first-order chi connectivity index (χ1) is 23.1. The van der Waals surface area contributed by atoms with E-state index in [1.165, 1.54) is 54.9 Å². The average Bonchev–Trinajstić information content (AvgIpc) is 3.38. The molecule has 1 heterocycles. The number of nitrogens with zero attached hydrogens (tertiary/aromatic N) is 2. The molecule has 0 aliphatic heterocycles. The second-order valence-electron chi connectivity index (χ2n) is 13.0. The van der Waals surface area contributed by atoms with Crippen molar-refractivity contribution in [3.05, 3.63) is 169 Å². The van der Waals surface area contributed by atoms with Gasteiger partial charge in [0.05, 0.1) is 11.4 Å². The molecule has 0 unspecified atom stereocenters. The number of hydrogen-bond donors (Lipinski definition) is 0. The molecule has 0 spiro atoms.